The summed E-state index contributed by atoms with van der Waals surface area (Å²) < 4.78 is 7.56. The third-order valence-electron chi connectivity index (χ3n) is 4.48. The van der Waals surface area contributed by atoms with Crippen molar-refractivity contribution in [2.75, 3.05) is 11.9 Å². The summed E-state index contributed by atoms with van der Waals surface area (Å²) in [5, 5.41) is 7.48. The number of benzene rings is 1. The van der Waals surface area contributed by atoms with Crippen molar-refractivity contribution >= 4 is 11.7 Å². The number of hydrogen-bond donors (Lipinski definition) is 1. The Morgan fingerprint density at radius 3 is 2.92 bits per heavy atom. The molecule has 1 aliphatic rings. The van der Waals surface area contributed by atoms with Gasteiger partial charge in [-0.2, -0.15) is 5.10 Å². The van der Waals surface area contributed by atoms with E-state index in [0.717, 1.165) is 17.0 Å². The highest BCUT2D eigenvalue weighted by Gasteiger charge is 2.31. The minimum Gasteiger partial charge on any atom is -0.489 e. The van der Waals surface area contributed by atoms with Crippen molar-refractivity contribution < 1.29 is 9.53 Å². The second kappa shape index (κ2) is 7.13. The molecule has 5 heteroatoms. The van der Waals surface area contributed by atoms with E-state index in [1.807, 2.05) is 30.7 Å². The zero-order valence-corrected chi connectivity index (χ0v) is 15.1. The van der Waals surface area contributed by atoms with Crippen molar-refractivity contribution in [1.82, 2.24) is 9.78 Å². The molecular formula is C20H25N3O2. The first kappa shape index (κ1) is 17.3. The molecule has 0 aliphatic heterocycles. The van der Waals surface area contributed by atoms with E-state index in [4.69, 9.17) is 4.74 Å². The topological polar surface area (TPSA) is 56.1 Å². The number of ether oxygens (including phenoxy) is 1. The molecule has 1 amide bonds. The highest BCUT2D eigenvalue weighted by molar-refractivity contribution is 6.04. The number of nitrogens with one attached hydrogen (secondary N) is 1. The smallest absolute Gasteiger partial charge is 0.256 e. The van der Waals surface area contributed by atoms with Crippen molar-refractivity contribution in [3.05, 3.63) is 53.7 Å². The highest BCUT2D eigenvalue weighted by atomic mass is 16.5. The van der Waals surface area contributed by atoms with E-state index in [1.54, 1.807) is 18.3 Å². The summed E-state index contributed by atoms with van der Waals surface area (Å²) >= 11 is 0. The van der Waals surface area contributed by atoms with Gasteiger partial charge < -0.3 is 10.1 Å². The summed E-state index contributed by atoms with van der Waals surface area (Å²) in [6.07, 6.45) is 4.27. The molecule has 0 radical (unpaired) electrons. The summed E-state index contributed by atoms with van der Waals surface area (Å²) in [5.74, 6) is 1.94. The average Bonchev–Trinajstić information content (AvgIpc) is 3.38. The molecule has 1 heterocycles. The van der Waals surface area contributed by atoms with Crippen LogP contribution in [0.2, 0.25) is 0 Å². The van der Waals surface area contributed by atoms with Gasteiger partial charge in [-0.1, -0.05) is 12.6 Å². The van der Waals surface area contributed by atoms with Crippen LogP contribution in [0.1, 0.15) is 48.7 Å². The monoisotopic (exact) mass is 339 g/mol. The van der Waals surface area contributed by atoms with Crippen molar-refractivity contribution in [2.24, 2.45) is 5.92 Å². The number of aryl methyl sites for hydroxylation is 1. The van der Waals surface area contributed by atoms with Crippen LogP contribution < -0.4 is 10.1 Å². The first-order chi connectivity index (χ1) is 12.0. The summed E-state index contributed by atoms with van der Waals surface area (Å²) in [4.78, 5) is 12.7. The van der Waals surface area contributed by atoms with Gasteiger partial charge in [-0.3, -0.25) is 4.79 Å². The molecule has 0 saturated heterocycles. The third-order valence-corrected chi connectivity index (χ3v) is 4.48. The van der Waals surface area contributed by atoms with Gasteiger partial charge in [0.05, 0.1) is 12.2 Å². The van der Waals surface area contributed by atoms with Crippen LogP contribution in [0, 0.1) is 12.8 Å². The SMILES string of the molecule is C=C(C)COc1cccc(C(=O)Nc2c(C)cnn2C(C)C2CC2)c1. The van der Waals surface area contributed by atoms with Gasteiger partial charge in [-0.15, -0.1) is 0 Å². The Hall–Kier alpha value is -2.56. The Morgan fingerprint density at radius 2 is 2.24 bits per heavy atom. The molecule has 1 N–H and O–H groups in total. The van der Waals surface area contributed by atoms with Gasteiger partial charge in [0.25, 0.3) is 5.91 Å². The summed E-state index contributed by atoms with van der Waals surface area (Å²) in [6.45, 7) is 10.3. The Morgan fingerprint density at radius 1 is 1.48 bits per heavy atom. The zero-order valence-electron chi connectivity index (χ0n) is 15.1. The van der Waals surface area contributed by atoms with E-state index in [1.165, 1.54) is 12.8 Å². The Balaban J connectivity index is 1.75. The lowest BCUT2D eigenvalue weighted by atomic mass is 10.2. The van der Waals surface area contributed by atoms with Crippen molar-refractivity contribution in [2.45, 2.75) is 39.7 Å². The third kappa shape index (κ3) is 4.10. The predicted octanol–water partition coefficient (Wildman–Crippen LogP) is 4.37. The molecule has 25 heavy (non-hydrogen) atoms. The fraction of sp³-hybridized carbons (Fsp3) is 0.400. The van der Waals surface area contributed by atoms with Gasteiger partial charge in [-0.05, 0) is 63.3 Å². The minimum absolute atomic E-state index is 0.159. The second-order valence-corrected chi connectivity index (χ2v) is 6.93. The first-order valence-electron chi connectivity index (χ1n) is 8.68. The van der Waals surface area contributed by atoms with Crippen molar-refractivity contribution in [1.29, 1.82) is 0 Å². The van der Waals surface area contributed by atoms with Crippen LogP contribution in [0.25, 0.3) is 0 Å². The number of rotatable bonds is 7. The van der Waals surface area contributed by atoms with Gasteiger partial charge >= 0.3 is 0 Å². The van der Waals surface area contributed by atoms with Crippen LogP contribution in [-0.2, 0) is 0 Å². The Labute approximate surface area is 148 Å². The van der Waals surface area contributed by atoms with Gasteiger partial charge in [0.15, 0.2) is 0 Å². The maximum absolute atomic E-state index is 12.7. The fourth-order valence-corrected chi connectivity index (χ4v) is 2.80. The summed E-state index contributed by atoms with van der Waals surface area (Å²) in [5.41, 5.74) is 2.46. The molecule has 1 aromatic heterocycles. The molecule has 1 fully saturated rings. The number of amides is 1. The lowest BCUT2D eigenvalue weighted by Gasteiger charge is -2.16. The molecule has 132 valence electrons. The largest absolute Gasteiger partial charge is 0.489 e. The minimum atomic E-state index is -0.159. The van der Waals surface area contributed by atoms with E-state index >= 15 is 0 Å². The molecule has 1 atom stereocenters. The van der Waals surface area contributed by atoms with Crippen LogP contribution in [0.5, 0.6) is 5.75 Å². The number of carbonyl (C=O) groups excluding carboxylic acids is 1. The van der Waals surface area contributed by atoms with Crippen molar-refractivity contribution in [3.8, 4) is 5.75 Å². The van der Waals surface area contributed by atoms with Crippen LogP contribution in [0.3, 0.4) is 0 Å². The molecule has 1 saturated carbocycles. The Kier molecular flexibility index (Phi) is 4.93. The highest BCUT2D eigenvalue weighted by Crippen LogP contribution is 2.40. The standard InChI is InChI=1S/C20H25N3O2/c1-13(2)12-25-18-7-5-6-17(10-18)20(24)22-19-14(3)11-21-23(19)15(4)16-8-9-16/h5-7,10-11,15-16H,1,8-9,12H2,2-4H3,(H,22,24). The molecule has 1 unspecified atom stereocenters. The summed E-state index contributed by atoms with van der Waals surface area (Å²) in [7, 11) is 0. The van der Waals surface area contributed by atoms with Crippen molar-refractivity contribution in [3.63, 3.8) is 0 Å². The molecule has 0 bridgehead atoms. The summed E-state index contributed by atoms with van der Waals surface area (Å²) in [6, 6.07) is 7.49. The molecule has 2 aromatic rings. The number of aromatic nitrogens is 2. The molecule has 0 spiro atoms. The van der Waals surface area contributed by atoms with E-state index in [9.17, 15) is 4.79 Å². The van der Waals surface area contributed by atoms with Crippen LogP contribution >= 0.6 is 0 Å². The predicted molar refractivity (Wildman–Crippen MR) is 99.1 cm³/mol. The molecule has 5 nitrogen and oxygen atoms in total. The lowest BCUT2D eigenvalue weighted by Crippen LogP contribution is -2.19. The Bertz CT molecular complexity index is 790. The number of nitrogens with zero attached hydrogens (tertiary/aromatic N) is 2. The number of carbonyl (C=O) groups is 1. The normalized spacial score (nSPS) is 14.8. The van der Waals surface area contributed by atoms with E-state index in [-0.39, 0.29) is 5.91 Å². The first-order valence-corrected chi connectivity index (χ1v) is 8.68. The number of anilines is 1. The van der Waals surface area contributed by atoms with Crippen LogP contribution in [-0.4, -0.2) is 22.3 Å². The maximum Gasteiger partial charge on any atom is 0.256 e. The van der Waals surface area contributed by atoms with Gasteiger partial charge in [-0.25, -0.2) is 4.68 Å². The zero-order chi connectivity index (χ0) is 18.0. The average molecular weight is 339 g/mol. The van der Waals surface area contributed by atoms with E-state index < -0.39 is 0 Å². The van der Waals surface area contributed by atoms with Gasteiger partial charge in [0, 0.05) is 11.1 Å². The van der Waals surface area contributed by atoms with Crippen LogP contribution in [0.4, 0.5) is 5.82 Å². The van der Waals surface area contributed by atoms with Gasteiger partial charge in [0.2, 0.25) is 0 Å². The second-order valence-electron chi connectivity index (χ2n) is 6.93. The molecule has 3 rings (SSSR count). The molecular weight excluding hydrogens is 314 g/mol. The molecule has 1 aromatic carbocycles. The fourth-order valence-electron chi connectivity index (χ4n) is 2.80. The van der Waals surface area contributed by atoms with Crippen LogP contribution in [0.15, 0.2) is 42.6 Å². The lowest BCUT2D eigenvalue weighted by molar-refractivity contribution is 0.102. The molecule has 1 aliphatic carbocycles. The number of hydrogen-bond acceptors (Lipinski definition) is 3. The quantitative estimate of drug-likeness (QED) is 0.762. The maximum atomic E-state index is 12.7. The van der Waals surface area contributed by atoms with E-state index in [2.05, 4.69) is 23.9 Å². The van der Waals surface area contributed by atoms with Gasteiger partial charge in [0.1, 0.15) is 18.2 Å². The van der Waals surface area contributed by atoms with E-state index in [0.29, 0.717) is 29.9 Å².